The SMILES string of the molecule is Cc1ccc2cc(C3COC(C)CO3)ccc2c1. The highest BCUT2D eigenvalue weighted by molar-refractivity contribution is 5.83. The van der Waals surface area contributed by atoms with Gasteiger partial charge >= 0.3 is 0 Å². The third-order valence-corrected chi connectivity index (χ3v) is 3.46. The maximum absolute atomic E-state index is 5.82. The van der Waals surface area contributed by atoms with Crippen LogP contribution in [0.25, 0.3) is 10.8 Å². The molecule has 2 nitrogen and oxygen atoms in total. The number of hydrogen-bond acceptors (Lipinski definition) is 2. The molecule has 0 amide bonds. The standard InChI is InChI=1S/C16H18O2/c1-11-3-4-14-8-15(6-5-13(14)7-11)16-10-17-12(2)9-18-16/h3-8,12,16H,9-10H2,1-2H3. The molecule has 2 atom stereocenters. The van der Waals surface area contributed by atoms with Crippen molar-refractivity contribution in [1.82, 2.24) is 0 Å². The molecule has 2 aromatic carbocycles. The molecular weight excluding hydrogens is 224 g/mol. The molecule has 1 aliphatic rings. The van der Waals surface area contributed by atoms with Crippen LogP contribution in [0.5, 0.6) is 0 Å². The van der Waals surface area contributed by atoms with Crippen molar-refractivity contribution >= 4 is 10.8 Å². The van der Waals surface area contributed by atoms with Crippen LogP contribution < -0.4 is 0 Å². The Labute approximate surface area is 108 Å². The highest BCUT2D eigenvalue weighted by atomic mass is 16.6. The summed E-state index contributed by atoms with van der Waals surface area (Å²) in [5.41, 5.74) is 2.50. The first-order valence-corrected chi connectivity index (χ1v) is 6.46. The zero-order valence-corrected chi connectivity index (χ0v) is 10.8. The fourth-order valence-corrected chi connectivity index (χ4v) is 2.38. The molecule has 2 aromatic rings. The molecule has 0 N–H and O–H groups in total. The average molecular weight is 242 g/mol. The van der Waals surface area contributed by atoms with Crippen LogP contribution in [0, 0.1) is 6.92 Å². The minimum atomic E-state index is 0.0758. The van der Waals surface area contributed by atoms with E-state index >= 15 is 0 Å². The molecule has 1 aliphatic heterocycles. The Kier molecular flexibility index (Phi) is 3.06. The van der Waals surface area contributed by atoms with Gasteiger partial charge in [-0.2, -0.15) is 0 Å². The zero-order valence-electron chi connectivity index (χ0n) is 10.8. The Morgan fingerprint density at radius 3 is 2.50 bits per heavy atom. The van der Waals surface area contributed by atoms with Gasteiger partial charge in [0.25, 0.3) is 0 Å². The fourth-order valence-electron chi connectivity index (χ4n) is 2.38. The van der Waals surface area contributed by atoms with Crippen LogP contribution in [-0.2, 0) is 9.47 Å². The molecular formula is C16H18O2. The zero-order chi connectivity index (χ0) is 12.5. The van der Waals surface area contributed by atoms with Gasteiger partial charge in [0.15, 0.2) is 0 Å². The summed E-state index contributed by atoms with van der Waals surface area (Å²) < 4.78 is 11.5. The highest BCUT2D eigenvalue weighted by Crippen LogP contribution is 2.26. The van der Waals surface area contributed by atoms with Crippen LogP contribution in [0.2, 0.25) is 0 Å². The largest absolute Gasteiger partial charge is 0.373 e. The summed E-state index contributed by atoms with van der Waals surface area (Å²) >= 11 is 0. The summed E-state index contributed by atoms with van der Waals surface area (Å²) in [4.78, 5) is 0. The molecule has 1 heterocycles. The summed E-state index contributed by atoms with van der Waals surface area (Å²) in [6.07, 6.45) is 0.288. The summed E-state index contributed by atoms with van der Waals surface area (Å²) in [5, 5.41) is 2.55. The Morgan fingerprint density at radius 1 is 0.944 bits per heavy atom. The van der Waals surface area contributed by atoms with E-state index in [-0.39, 0.29) is 12.2 Å². The van der Waals surface area contributed by atoms with Crippen molar-refractivity contribution in [3.05, 3.63) is 47.5 Å². The molecule has 18 heavy (non-hydrogen) atoms. The fraction of sp³-hybridized carbons (Fsp3) is 0.375. The second-order valence-corrected chi connectivity index (χ2v) is 5.08. The third-order valence-electron chi connectivity index (χ3n) is 3.46. The van der Waals surface area contributed by atoms with Crippen molar-refractivity contribution in [1.29, 1.82) is 0 Å². The molecule has 0 radical (unpaired) electrons. The number of aryl methyl sites for hydroxylation is 1. The lowest BCUT2D eigenvalue weighted by Gasteiger charge is -2.27. The Balaban J connectivity index is 1.91. The van der Waals surface area contributed by atoms with Gasteiger partial charge in [-0.15, -0.1) is 0 Å². The van der Waals surface area contributed by atoms with E-state index in [1.807, 2.05) is 6.92 Å². The molecule has 1 saturated heterocycles. The molecule has 0 saturated carbocycles. The van der Waals surface area contributed by atoms with Crippen molar-refractivity contribution in [3.63, 3.8) is 0 Å². The van der Waals surface area contributed by atoms with Crippen molar-refractivity contribution in [2.75, 3.05) is 13.2 Å². The van der Waals surface area contributed by atoms with Crippen LogP contribution >= 0.6 is 0 Å². The minimum Gasteiger partial charge on any atom is -0.373 e. The second kappa shape index (κ2) is 4.71. The van der Waals surface area contributed by atoms with Gasteiger partial charge in [0, 0.05) is 0 Å². The van der Waals surface area contributed by atoms with Gasteiger partial charge in [0.1, 0.15) is 6.10 Å². The van der Waals surface area contributed by atoms with E-state index in [2.05, 4.69) is 43.3 Å². The van der Waals surface area contributed by atoms with Crippen LogP contribution in [-0.4, -0.2) is 19.3 Å². The Hall–Kier alpha value is -1.38. The molecule has 0 aliphatic carbocycles. The smallest absolute Gasteiger partial charge is 0.106 e. The number of rotatable bonds is 1. The van der Waals surface area contributed by atoms with Gasteiger partial charge in [-0.3, -0.25) is 0 Å². The van der Waals surface area contributed by atoms with Crippen molar-refractivity contribution in [3.8, 4) is 0 Å². The molecule has 0 aromatic heterocycles. The van der Waals surface area contributed by atoms with Crippen molar-refractivity contribution < 1.29 is 9.47 Å². The molecule has 2 heteroatoms. The van der Waals surface area contributed by atoms with E-state index in [4.69, 9.17) is 9.47 Å². The first kappa shape index (κ1) is 11.7. The molecule has 3 rings (SSSR count). The number of ether oxygens (including phenoxy) is 2. The van der Waals surface area contributed by atoms with Gasteiger partial charge in [0.05, 0.1) is 19.3 Å². The first-order chi connectivity index (χ1) is 8.72. The summed E-state index contributed by atoms with van der Waals surface area (Å²) in [6, 6.07) is 13.0. The highest BCUT2D eigenvalue weighted by Gasteiger charge is 2.20. The van der Waals surface area contributed by atoms with Crippen LogP contribution in [0.3, 0.4) is 0 Å². The topological polar surface area (TPSA) is 18.5 Å². The molecule has 0 spiro atoms. The average Bonchev–Trinajstić information content (AvgIpc) is 2.39. The summed E-state index contributed by atoms with van der Waals surface area (Å²) in [5.74, 6) is 0. The maximum Gasteiger partial charge on any atom is 0.106 e. The Bertz CT molecular complexity index is 554. The van der Waals surface area contributed by atoms with Gasteiger partial charge in [-0.25, -0.2) is 0 Å². The minimum absolute atomic E-state index is 0.0758. The van der Waals surface area contributed by atoms with Crippen molar-refractivity contribution in [2.24, 2.45) is 0 Å². The molecule has 1 fully saturated rings. The van der Waals surface area contributed by atoms with E-state index in [1.54, 1.807) is 0 Å². The number of fused-ring (bicyclic) bond motifs is 1. The maximum atomic E-state index is 5.82. The summed E-state index contributed by atoms with van der Waals surface area (Å²) in [6.45, 7) is 5.49. The lowest BCUT2D eigenvalue weighted by molar-refractivity contribution is -0.128. The van der Waals surface area contributed by atoms with E-state index in [1.165, 1.54) is 21.9 Å². The Morgan fingerprint density at radius 2 is 1.72 bits per heavy atom. The van der Waals surface area contributed by atoms with E-state index < -0.39 is 0 Å². The van der Waals surface area contributed by atoms with Crippen LogP contribution in [0.4, 0.5) is 0 Å². The lowest BCUT2D eigenvalue weighted by Crippen LogP contribution is -2.28. The van der Waals surface area contributed by atoms with E-state index in [0.29, 0.717) is 13.2 Å². The summed E-state index contributed by atoms with van der Waals surface area (Å²) in [7, 11) is 0. The predicted octanol–water partition coefficient (Wildman–Crippen LogP) is 3.62. The second-order valence-electron chi connectivity index (χ2n) is 5.08. The lowest BCUT2D eigenvalue weighted by atomic mass is 10.0. The molecule has 0 bridgehead atoms. The van der Waals surface area contributed by atoms with E-state index in [9.17, 15) is 0 Å². The van der Waals surface area contributed by atoms with Crippen molar-refractivity contribution in [2.45, 2.75) is 26.1 Å². The van der Waals surface area contributed by atoms with Crippen LogP contribution in [0.15, 0.2) is 36.4 Å². The van der Waals surface area contributed by atoms with Crippen LogP contribution in [0.1, 0.15) is 24.2 Å². The molecule has 94 valence electrons. The van der Waals surface area contributed by atoms with E-state index in [0.717, 1.165) is 0 Å². The predicted molar refractivity (Wildman–Crippen MR) is 72.8 cm³/mol. The van der Waals surface area contributed by atoms with Gasteiger partial charge in [-0.1, -0.05) is 35.9 Å². The quantitative estimate of drug-likeness (QED) is 0.760. The number of benzene rings is 2. The van der Waals surface area contributed by atoms with Gasteiger partial charge < -0.3 is 9.47 Å². The number of hydrogen-bond donors (Lipinski definition) is 0. The normalized spacial score (nSPS) is 24.3. The van der Waals surface area contributed by atoms with Gasteiger partial charge in [-0.05, 0) is 36.2 Å². The third kappa shape index (κ3) is 2.26. The monoisotopic (exact) mass is 242 g/mol. The van der Waals surface area contributed by atoms with Gasteiger partial charge in [0.2, 0.25) is 0 Å². The molecule has 2 unspecified atom stereocenters. The first-order valence-electron chi connectivity index (χ1n) is 6.46.